The van der Waals surface area contributed by atoms with E-state index in [1.54, 1.807) is 0 Å². The molecule has 1 rings (SSSR count). The van der Waals surface area contributed by atoms with Crippen LogP contribution < -0.4 is 5.32 Å². The normalized spacial score (nSPS) is 13.1. The summed E-state index contributed by atoms with van der Waals surface area (Å²) in [6.45, 7) is 10.3. The maximum absolute atomic E-state index is 9.81. The third-order valence-corrected chi connectivity index (χ3v) is 2.90. The molecule has 0 amide bonds. The van der Waals surface area contributed by atoms with E-state index in [1.807, 2.05) is 18.5 Å². The van der Waals surface area contributed by atoms with Gasteiger partial charge in [0, 0.05) is 12.2 Å². The third kappa shape index (κ3) is 3.06. The highest BCUT2D eigenvalue weighted by Gasteiger charge is 2.12. The Bertz CT molecular complexity index is 333. The second kappa shape index (κ2) is 6.01. The van der Waals surface area contributed by atoms with E-state index in [1.165, 1.54) is 11.3 Å². The molecule has 92 valence electrons. The molecule has 0 aliphatic rings. The Morgan fingerprint density at radius 3 is 2.56 bits per heavy atom. The molecule has 1 aromatic rings. The molecule has 4 nitrogen and oxygen atoms in total. The van der Waals surface area contributed by atoms with Gasteiger partial charge in [0.2, 0.25) is 0 Å². The maximum Gasteiger partial charge on any atom is 0.0860 e. The van der Waals surface area contributed by atoms with Gasteiger partial charge >= 0.3 is 0 Å². The van der Waals surface area contributed by atoms with Crippen molar-refractivity contribution in [2.45, 2.75) is 46.8 Å². The van der Waals surface area contributed by atoms with Crippen LogP contribution in [0.15, 0.2) is 0 Å². The van der Waals surface area contributed by atoms with Crippen LogP contribution in [-0.2, 0) is 13.0 Å². The number of hydrogen-bond acceptors (Lipinski definition) is 3. The van der Waals surface area contributed by atoms with Crippen molar-refractivity contribution in [3.05, 3.63) is 17.0 Å². The quantitative estimate of drug-likeness (QED) is 0.760. The van der Waals surface area contributed by atoms with Gasteiger partial charge < -0.3 is 10.4 Å². The molecule has 16 heavy (non-hydrogen) atoms. The summed E-state index contributed by atoms with van der Waals surface area (Å²) in [7, 11) is 0. The second-order valence-electron chi connectivity index (χ2n) is 4.15. The first-order chi connectivity index (χ1) is 7.60. The summed E-state index contributed by atoms with van der Waals surface area (Å²) in [5, 5.41) is 17.4. The van der Waals surface area contributed by atoms with E-state index in [9.17, 15) is 5.11 Å². The van der Waals surface area contributed by atoms with Crippen LogP contribution in [0.2, 0.25) is 0 Å². The first kappa shape index (κ1) is 13.2. The van der Waals surface area contributed by atoms with E-state index in [0.29, 0.717) is 13.1 Å². The van der Waals surface area contributed by atoms with Gasteiger partial charge in [-0.1, -0.05) is 13.8 Å². The van der Waals surface area contributed by atoms with Crippen molar-refractivity contribution in [1.82, 2.24) is 15.1 Å². The lowest BCUT2D eigenvalue weighted by Gasteiger charge is -2.12. The summed E-state index contributed by atoms with van der Waals surface area (Å²) in [5.74, 6) is 0. The second-order valence-corrected chi connectivity index (χ2v) is 4.15. The lowest BCUT2D eigenvalue weighted by molar-refractivity contribution is 0.146. The number of nitrogens with zero attached hydrogens (tertiary/aromatic N) is 2. The molecule has 0 spiro atoms. The van der Waals surface area contributed by atoms with Crippen molar-refractivity contribution in [3.63, 3.8) is 0 Å². The fourth-order valence-electron chi connectivity index (χ4n) is 2.00. The SMILES string of the molecule is CCNCC(O)Cn1nc(C)c(CC)c1C. The van der Waals surface area contributed by atoms with E-state index in [4.69, 9.17) is 0 Å². The average molecular weight is 225 g/mol. The predicted molar refractivity (Wildman–Crippen MR) is 65.6 cm³/mol. The van der Waals surface area contributed by atoms with Crippen LogP contribution in [0.1, 0.15) is 30.8 Å². The van der Waals surface area contributed by atoms with Gasteiger partial charge in [-0.05, 0) is 32.4 Å². The topological polar surface area (TPSA) is 50.1 Å². The molecular weight excluding hydrogens is 202 g/mol. The maximum atomic E-state index is 9.81. The Kier molecular flexibility index (Phi) is 4.96. The van der Waals surface area contributed by atoms with Crippen LogP contribution in [0.3, 0.4) is 0 Å². The minimum Gasteiger partial charge on any atom is -0.390 e. The Labute approximate surface area is 97.7 Å². The van der Waals surface area contributed by atoms with Gasteiger partial charge in [-0.25, -0.2) is 0 Å². The van der Waals surface area contributed by atoms with Gasteiger partial charge in [0.15, 0.2) is 0 Å². The summed E-state index contributed by atoms with van der Waals surface area (Å²) in [4.78, 5) is 0. The fourth-order valence-corrected chi connectivity index (χ4v) is 2.00. The van der Waals surface area contributed by atoms with E-state index < -0.39 is 0 Å². The Morgan fingerprint density at radius 2 is 2.06 bits per heavy atom. The van der Waals surface area contributed by atoms with Crippen molar-refractivity contribution in [1.29, 1.82) is 0 Å². The molecular formula is C12H23N3O. The van der Waals surface area contributed by atoms with Gasteiger partial charge in [0.1, 0.15) is 0 Å². The number of rotatable bonds is 6. The van der Waals surface area contributed by atoms with Crippen molar-refractivity contribution in [2.75, 3.05) is 13.1 Å². The molecule has 0 radical (unpaired) electrons. The molecule has 0 bridgehead atoms. The molecule has 1 unspecified atom stereocenters. The molecule has 0 aromatic carbocycles. The molecule has 4 heteroatoms. The zero-order chi connectivity index (χ0) is 12.1. The first-order valence-corrected chi connectivity index (χ1v) is 6.01. The average Bonchev–Trinajstić information content (AvgIpc) is 2.51. The highest BCUT2D eigenvalue weighted by atomic mass is 16.3. The van der Waals surface area contributed by atoms with Crippen LogP contribution in [-0.4, -0.2) is 34.1 Å². The van der Waals surface area contributed by atoms with E-state index in [-0.39, 0.29) is 6.10 Å². The Morgan fingerprint density at radius 1 is 1.38 bits per heavy atom. The summed E-state index contributed by atoms with van der Waals surface area (Å²) >= 11 is 0. The minimum atomic E-state index is -0.373. The molecule has 0 aliphatic carbocycles. The Hall–Kier alpha value is -0.870. The third-order valence-electron chi connectivity index (χ3n) is 2.90. The molecule has 1 aromatic heterocycles. The van der Waals surface area contributed by atoms with Gasteiger partial charge in [-0.3, -0.25) is 4.68 Å². The highest BCUT2D eigenvalue weighted by Crippen LogP contribution is 2.13. The van der Waals surface area contributed by atoms with Crippen LogP contribution in [0.4, 0.5) is 0 Å². The Balaban J connectivity index is 2.66. The molecule has 1 heterocycles. The number of aryl methyl sites for hydroxylation is 1. The molecule has 0 aliphatic heterocycles. The van der Waals surface area contributed by atoms with Gasteiger partial charge in [0.05, 0.1) is 18.3 Å². The number of likely N-dealkylation sites (N-methyl/N-ethyl adjacent to an activating group) is 1. The van der Waals surface area contributed by atoms with Crippen LogP contribution in [0.5, 0.6) is 0 Å². The minimum absolute atomic E-state index is 0.373. The van der Waals surface area contributed by atoms with Crippen LogP contribution in [0, 0.1) is 13.8 Å². The highest BCUT2D eigenvalue weighted by molar-refractivity contribution is 5.24. The van der Waals surface area contributed by atoms with E-state index in [0.717, 1.165) is 18.7 Å². The molecule has 0 saturated carbocycles. The lowest BCUT2D eigenvalue weighted by Crippen LogP contribution is -2.30. The molecule has 0 saturated heterocycles. The lowest BCUT2D eigenvalue weighted by atomic mass is 10.1. The van der Waals surface area contributed by atoms with E-state index in [2.05, 4.69) is 24.3 Å². The molecule has 1 atom stereocenters. The zero-order valence-corrected chi connectivity index (χ0v) is 10.7. The number of aromatic nitrogens is 2. The van der Waals surface area contributed by atoms with Gasteiger partial charge in [-0.15, -0.1) is 0 Å². The number of nitrogens with one attached hydrogen (secondary N) is 1. The van der Waals surface area contributed by atoms with Crippen molar-refractivity contribution < 1.29 is 5.11 Å². The van der Waals surface area contributed by atoms with Crippen LogP contribution in [0.25, 0.3) is 0 Å². The molecule has 0 fully saturated rings. The zero-order valence-electron chi connectivity index (χ0n) is 10.7. The smallest absolute Gasteiger partial charge is 0.0860 e. The standard InChI is InChI=1S/C12H23N3O/c1-5-12-9(3)14-15(10(12)4)8-11(16)7-13-6-2/h11,13,16H,5-8H2,1-4H3. The van der Waals surface area contributed by atoms with Crippen molar-refractivity contribution in [2.24, 2.45) is 0 Å². The predicted octanol–water partition coefficient (Wildman–Crippen LogP) is 1.03. The van der Waals surface area contributed by atoms with E-state index >= 15 is 0 Å². The van der Waals surface area contributed by atoms with Crippen LogP contribution >= 0.6 is 0 Å². The fraction of sp³-hybridized carbons (Fsp3) is 0.750. The van der Waals surface area contributed by atoms with Gasteiger partial charge in [0.25, 0.3) is 0 Å². The molecule has 2 N–H and O–H groups in total. The van der Waals surface area contributed by atoms with Gasteiger partial charge in [-0.2, -0.15) is 5.10 Å². The summed E-state index contributed by atoms with van der Waals surface area (Å²) < 4.78 is 1.91. The first-order valence-electron chi connectivity index (χ1n) is 6.01. The monoisotopic (exact) mass is 225 g/mol. The summed E-state index contributed by atoms with van der Waals surface area (Å²) in [5.41, 5.74) is 3.56. The van der Waals surface area contributed by atoms with Crippen molar-refractivity contribution >= 4 is 0 Å². The summed E-state index contributed by atoms with van der Waals surface area (Å²) in [6, 6.07) is 0. The number of hydrogen-bond donors (Lipinski definition) is 2. The number of aliphatic hydroxyl groups is 1. The summed E-state index contributed by atoms with van der Waals surface area (Å²) in [6.07, 6.45) is 0.628. The largest absolute Gasteiger partial charge is 0.390 e. The van der Waals surface area contributed by atoms with Crippen molar-refractivity contribution in [3.8, 4) is 0 Å². The number of aliphatic hydroxyl groups excluding tert-OH is 1.